The van der Waals surface area contributed by atoms with E-state index in [1.54, 1.807) is 0 Å². The molecule has 0 aliphatic heterocycles. The van der Waals surface area contributed by atoms with E-state index in [9.17, 15) is 0 Å². The summed E-state index contributed by atoms with van der Waals surface area (Å²) in [4.78, 5) is 0. The molecule has 0 unspecified atom stereocenters. The van der Waals surface area contributed by atoms with Gasteiger partial charge in [0.25, 0.3) is 0 Å². The third kappa shape index (κ3) is 3.76. The molecule has 0 bridgehead atoms. The van der Waals surface area contributed by atoms with Crippen molar-refractivity contribution in [2.24, 2.45) is 0 Å². The molecule has 0 amide bonds. The molecule has 0 fully saturated rings. The Morgan fingerprint density at radius 2 is 1.33 bits per heavy atom. The number of nitrogens with zero attached hydrogens (tertiary/aromatic N) is 2. The highest BCUT2D eigenvalue weighted by molar-refractivity contribution is 8.04. The fraction of sp³-hybridized carbons (Fsp3) is 0.857. The summed E-state index contributed by atoms with van der Waals surface area (Å²) in [7, 11) is -2.62. The van der Waals surface area contributed by atoms with Crippen LogP contribution in [-0.2, 0) is 0 Å². The molecular formula is C7H18N2SSi2. The van der Waals surface area contributed by atoms with Gasteiger partial charge in [-0.3, -0.25) is 3.64 Å². The predicted octanol–water partition coefficient (Wildman–Crippen LogP) is 3.09. The van der Waals surface area contributed by atoms with Crippen LogP contribution in [0.15, 0.2) is 0 Å². The van der Waals surface area contributed by atoms with Crippen LogP contribution in [0.4, 0.5) is 0 Å². The predicted molar refractivity (Wildman–Crippen MR) is 61.7 cm³/mol. The van der Waals surface area contributed by atoms with Crippen LogP contribution in [0.5, 0.6) is 0 Å². The molecule has 0 aromatic heterocycles. The zero-order valence-corrected chi connectivity index (χ0v) is 11.6. The van der Waals surface area contributed by atoms with Gasteiger partial charge in [0.2, 0.25) is 0 Å². The van der Waals surface area contributed by atoms with Gasteiger partial charge >= 0.3 is 0 Å². The van der Waals surface area contributed by atoms with E-state index in [0.29, 0.717) is 0 Å². The van der Waals surface area contributed by atoms with E-state index in [-0.39, 0.29) is 0 Å². The molecule has 0 aliphatic rings. The lowest BCUT2D eigenvalue weighted by molar-refractivity contribution is 1.01. The van der Waals surface area contributed by atoms with Crippen LogP contribution in [0.3, 0.4) is 0 Å². The Balaban J connectivity index is 4.59. The van der Waals surface area contributed by atoms with E-state index in [1.807, 2.05) is 0 Å². The SMILES string of the molecule is C[Si](C)(C)N(SC#N)[Si](C)(C)C. The minimum atomic E-state index is -1.31. The Bertz CT molecular complexity index is 173. The van der Waals surface area contributed by atoms with Crippen LogP contribution in [0.2, 0.25) is 39.3 Å². The first kappa shape index (κ1) is 12.2. The highest BCUT2D eigenvalue weighted by Gasteiger charge is 2.35. The first-order chi connectivity index (χ1) is 5.19. The van der Waals surface area contributed by atoms with E-state index < -0.39 is 16.5 Å². The van der Waals surface area contributed by atoms with Crippen LogP contribution < -0.4 is 0 Å². The lowest BCUT2D eigenvalue weighted by Gasteiger charge is -2.39. The maximum Gasteiger partial charge on any atom is 0.148 e. The summed E-state index contributed by atoms with van der Waals surface area (Å²) in [6.07, 6.45) is 0. The molecule has 12 heavy (non-hydrogen) atoms. The van der Waals surface area contributed by atoms with E-state index in [4.69, 9.17) is 5.26 Å². The smallest absolute Gasteiger partial charge is 0.148 e. The van der Waals surface area contributed by atoms with E-state index in [1.165, 1.54) is 11.9 Å². The Hall–Kier alpha value is 0.234. The topological polar surface area (TPSA) is 27.0 Å². The van der Waals surface area contributed by atoms with Gasteiger partial charge in [-0.25, -0.2) is 0 Å². The zero-order valence-electron chi connectivity index (χ0n) is 8.80. The van der Waals surface area contributed by atoms with Gasteiger partial charge in [0.05, 0.1) is 0 Å². The Morgan fingerprint density at radius 3 is 1.42 bits per heavy atom. The lowest BCUT2D eigenvalue weighted by atomic mass is 11.8. The highest BCUT2D eigenvalue weighted by Crippen LogP contribution is 2.27. The summed E-state index contributed by atoms with van der Waals surface area (Å²) in [6.45, 7) is 13.7. The first-order valence-corrected chi connectivity index (χ1v) is 11.7. The van der Waals surface area contributed by atoms with Crippen LogP contribution in [0, 0.1) is 10.7 Å². The first-order valence-electron chi connectivity index (χ1n) is 4.06. The van der Waals surface area contributed by atoms with Crippen molar-refractivity contribution in [1.29, 1.82) is 5.26 Å². The van der Waals surface area contributed by atoms with Crippen molar-refractivity contribution in [2.45, 2.75) is 39.3 Å². The van der Waals surface area contributed by atoms with Gasteiger partial charge in [-0.15, -0.1) is 0 Å². The van der Waals surface area contributed by atoms with Gasteiger partial charge in [0.15, 0.2) is 0 Å². The largest absolute Gasteiger partial charge is 0.281 e. The zero-order chi connectivity index (χ0) is 9.99. The molecular weight excluding hydrogens is 200 g/mol. The third-order valence-corrected chi connectivity index (χ3v) is 11.9. The molecule has 2 nitrogen and oxygen atoms in total. The van der Waals surface area contributed by atoms with E-state index in [2.05, 4.69) is 48.3 Å². The molecule has 0 saturated heterocycles. The third-order valence-electron chi connectivity index (χ3n) is 1.35. The summed E-state index contributed by atoms with van der Waals surface area (Å²) in [6, 6.07) is 0. The lowest BCUT2D eigenvalue weighted by Crippen LogP contribution is -2.54. The summed E-state index contributed by atoms with van der Waals surface area (Å²) >= 11 is 1.35. The average molecular weight is 218 g/mol. The molecule has 0 aromatic carbocycles. The summed E-state index contributed by atoms with van der Waals surface area (Å²) < 4.78 is 2.39. The van der Waals surface area contributed by atoms with E-state index in [0.717, 1.165) is 0 Å². The summed E-state index contributed by atoms with van der Waals surface area (Å²) in [5.41, 5.74) is 0. The molecule has 70 valence electrons. The number of thiocyanates is 1. The van der Waals surface area contributed by atoms with Gasteiger partial charge in [-0.1, -0.05) is 39.3 Å². The number of hydrogen-bond acceptors (Lipinski definition) is 3. The van der Waals surface area contributed by atoms with Crippen molar-refractivity contribution in [3.8, 4) is 5.40 Å². The van der Waals surface area contributed by atoms with Crippen molar-refractivity contribution in [3.63, 3.8) is 0 Å². The second-order valence-corrected chi connectivity index (χ2v) is 16.2. The number of rotatable bonds is 3. The highest BCUT2D eigenvalue weighted by atomic mass is 32.2. The van der Waals surface area contributed by atoms with E-state index >= 15 is 0 Å². The van der Waals surface area contributed by atoms with Gasteiger partial charge < -0.3 is 0 Å². The molecule has 0 spiro atoms. The monoisotopic (exact) mass is 218 g/mol. The molecule has 0 aromatic rings. The molecule has 0 N–H and O–H groups in total. The number of hydrogen-bond donors (Lipinski definition) is 0. The second-order valence-electron chi connectivity index (χ2n) is 4.82. The molecule has 0 aliphatic carbocycles. The van der Waals surface area contributed by atoms with Crippen LogP contribution in [0.1, 0.15) is 0 Å². The van der Waals surface area contributed by atoms with Crippen molar-refractivity contribution in [1.82, 2.24) is 3.64 Å². The van der Waals surface area contributed by atoms with Gasteiger partial charge in [0.1, 0.15) is 21.9 Å². The standard InChI is InChI=1S/C7H18N2SSi2/c1-11(2,3)9(10-7-8)12(4,5)6/h1-6H3. The molecule has 0 atom stereocenters. The molecule has 0 saturated carbocycles. The maximum atomic E-state index is 8.68. The summed E-state index contributed by atoms with van der Waals surface area (Å²) in [5, 5.41) is 10.9. The van der Waals surface area contributed by atoms with Crippen molar-refractivity contribution < 1.29 is 0 Å². The average Bonchev–Trinajstić information content (AvgIpc) is 1.77. The molecule has 0 radical (unpaired) electrons. The van der Waals surface area contributed by atoms with Crippen LogP contribution in [0.25, 0.3) is 0 Å². The molecule has 0 rings (SSSR count). The van der Waals surface area contributed by atoms with Crippen molar-refractivity contribution in [2.75, 3.05) is 0 Å². The minimum Gasteiger partial charge on any atom is -0.281 e. The molecule has 0 heterocycles. The Labute approximate surface area is 82.3 Å². The normalized spacial score (nSPS) is 13.2. The van der Waals surface area contributed by atoms with Gasteiger partial charge in [-0.2, -0.15) is 5.26 Å². The number of nitriles is 1. The van der Waals surface area contributed by atoms with Crippen LogP contribution >= 0.6 is 11.9 Å². The minimum absolute atomic E-state index is 1.31. The van der Waals surface area contributed by atoms with Crippen LogP contribution in [-0.4, -0.2) is 20.1 Å². The fourth-order valence-electron chi connectivity index (χ4n) is 1.32. The summed E-state index contributed by atoms with van der Waals surface area (Å²) in [5.74, 6) is 0. The second kappa shape index (κ2) is 3.96. The quantitative estimate of drug-likeness (QED) is 0.414. The van der Waals surface area contributed by atoms with Gasteiger partial charge in [0, 0.05) is 11.9 Å². The fourth-order valence-corrected chi connectivity index (χ4v) is 11.9. The Morgan fingerprint density at radius 1 is 1.00 bits per heavy atom. The maximum absolute atomic E-state index is 8.68. The van der Waals surface area contributed by atoms with Gasteiger partial charge in [-0.05, 0) is 0 Å². The Kier molecular flexibility index (Phi) is 4.04. The van der Waals surface area contributed by atoms with Crippen molar-refractivity contribution in [3.05, 3.63) is 0 Å². The van der Waals surface area contributed by atoms with Crippen molar-refractivity contribution >= 4 is 28.4 Å². The molecule has 5 heteroatoms.